The molecular formula is C14H18N6O2. The summed E-state index contributed by atoms with van der Waals surface area (Å²) in [6, 6.07) is 0. The molecule has 2 aliphatic rings. The van der Waals surface area contributed by atoms with Crippen LogP contribution in [-0.2, 0) is 16.1 Å². The fourth-order valence-electron chi connectivity index (χ4n) is 3.61. The Kier molecular flexibility index (Phi) is 2.67. The third kappa shape index (κ3) is 1.79. The monoisotopic (exact) mass is 302 g/mol. The van der Waals surface area contributed by atoms with Gasteiger partial charge in [-0.15, -0.1) is 5.10 Å². The summed E-state index contributed by atoms with van der Waals surface area (Å²) in [6.45, 7) is 6.63. The van der Waals surface area contributed by atoms with E-state index >= 15 is 0 Å². The second-order valence-corrected chi connectivity index (χ2v) is 6.63. The highest BCUT2D eigenvalue weighted by Gasteiger charge is 2.62. The second kappa shape index (κ2) is 4.37. The molecule has 116 valence electrons. The van der Waals surface area contributed by atoms with Gasteiger partial charge in [-0.05, 0) is 17.3 Å². The number of esters is 1. The first-order valence-corrected chi connectivity index (χ1v) is 7.38. The average Bonchev–Trinajstić information content (AvgIpc) is 2.95. The lowest BCUT2D eigenvalue weighted by molar-refractivity contribution is -0.141. The zero-order valence-corrected chi connectivity index (χ0v) is 12.9. The maximum Gasteiger partial charge on any atom is 0.327 e. The summed E-state index contributed by atoms with van der Waals surface area (Å²) in [5, 5.41) is 8.18. The first-order valence-electron chi connectivity index (χ1n) is 7.38. The molecule has 8 nitrogen and oxygen atoms in total. The van der Waals surface area contributed by atoms with Gasteiger partial charge in [-0.3, -0.25) is 4.79 Å². The molecule has 3 heterocycles. The van der Waals surface area contributed by atoms with Crippen LogP contribution in [0.1, 0.15) is 13.8 Å². The number of rotatable bonds is 3. The molecule has 0 bridgehead atoms. The van der Waals surface area contributed by atoms with Gasteiger partial charge in [0.05, 0.1) is 7.11 Å². The fourth-order valence-corrected chi connectivity index (χ4v) is 3.61. The van der Waals surface area contributed by atoms with Crippen LogP contribution >= 0.6 is 0 Å². The van der Waals surface area contributed by atoms with E-state index in [0.29, 0.717) is 16.6 Å². The van der Waals surface area contributed by atoms with Crippen molar-refractivity contribution in [3.63, 3.8) is 0 Å². The minimum absolute atomic E-state index is 0.00172. The van der Waals surface area contributed by atoms with Crippen molar-refractivity contribution >= 4 is 23.0 Å². The predicted octanol–water partition coefficient (Wildman–Crippen LogP) is 0.486. The minimum Gasteiger partial charge on any atom is -0.468 e. The van der Waals surface area contributed by atoms with Gasteiger partial charge in [0.25, 0.3) is 0 Å². The molecule has 1 saturated heterocycles. The molecule has 2 atom stereocenters. The van der Waals surface area contributed by atoms with E-state index < -0.39 is 0 Å². The van der Waals surface area contributed by atoms with Gasteiger partial charge >= 0.3 is 5.97 Å². The van der Waals surface area contributed by atoms with Crippen LogP contribution in [-0.4, -0.2) is 51.1 Å². The summed E-state index contributed by atoms with van der Waals surface area (Å²) in [6.07, 6.45) is 1.50. The Morgan fingerprint density at radius 1 is 1.36 bits per heavy atom. The zero-order chi connectivity index (χ0) is 15.5. The summed E-state index contributed by atoms with van der Waals surface area (Å²) >= 11 is 0. The van der Waals surface area contributed by atoms with Gasteiger partial charge in [0, 0.05) is 13.1 Å². The van der Waals surface area contributed by atoms with Crippen molar-refractivity contribution in [3.8, 4) is 0 Å². The predicted molar refractivity (Wildman–Crippen MR) is 78.1 cm³/mol. The third-order valence-electron chi connectivity index (χ3n) is 5.21. The molecule has 0 N–H and O–H groups in total. The normalized spacial score (nSPS) is 25.3. The van der Waals surface area contributed by atoms with Crippen molar-refractivity contribution in [2.24, 2.45) is 17.3 Å². The Hall–Kier alpha value is -2.25. The van der Waals surface area contributed by atoms with Crippen LogP contribution in [0.15, 0.2) is 6.33 Å². The number of hydrogen-bond donors (Lipinski definition) is 0. The largest absolute Gasteiger partial charge is 0.468 e. The van der Waals surface area contributed by atoms with Crippen LogP contribution in [0.2, 0.25) is 0 Å². The number of hydrogen-bond acceptors (Lipinski definition) is 7. The molecule has 1 saturated carbocycles. The highest BCUT2D eigenvalue weighted by atomic mass is 16.5. The van der Waals surface area contributed by atoms with E-state index in [1.165, 1.54) is 18.1 Å². The summed E-state index contributed by atoms with van der Waals surface area (Å²) in [5.41, 5.74) is 1.66. The number of anilines is 1. The number of carbonyl (C=O) groups is 1. The average molecular weight is 302 g/mol. The molecule has 1 aliphatic carbocycles. The maximum atomic E-state index is 11.4. The Labute approximate surface area is 127 Å². The van der Waals surface area contributed by atoms with Crippen LogP contribution in [0.3, 0.4) is 0 Å². The lowest BCUT2D eigenvalue weighted by atomic mass is 10.1. The van der Waals surface area contributed by atoms with E-state index in [4.69, 9.17) is 0 Å². The van der Waals surface area contributed by atoms with Gasteiger partial charge in [0.1, 0.15) is 12.9 Å². The quantitative estimate of drug-likeness (QED) is 0.762. The van der Waals surface area contributed by atoms with Crippen LogP contribution in [0, 0.1) is 17.3 Å². The minimum atomic E-state index is -0.379. The molecule has 0 spiro atoms. The lowest BCUT2D eigenvalue weighted by Crippen LogP contribution is -2.27. The van der Waals surface area contributed by atoms with E-state index in [2.05, 4.69) is 43.8 Å². The Bertz CT molecular complexity index is 741. The highest BCUT2D eigenvalue weighted by Crippen LogP contribution is 2.62. The Morgan fingerprint density at radius 3 is 2.77 bits per heavy atom. The van der Waals surface area contributed by atoms with Crippen molar-refractivity contribution in [1.29, 1.82) is 0 Å². The highest BCUT2D eigenvalue weighted by molar-refractivity contribution is 5.83. The number of aromatic nitrogens is 5. The first-order chi connectivity index (χ1) is 10.5. The van der Waals surface area contributed by atoms with Gasteiger partial charge in [0.15, 0.2) is 17.0 Å². The van der Waals surface area contributed by atoms with Crippen molar-refractivity contribution in [1.82, 2.24) is 25.0 Å². The molecule has 0 amide bonds. The number of carbonyl (C=O) groups excluding carboxylic acids is 1. The summed E-state index contributed by atoms with van der Waals surface area (Å²) < 4.78 is 6.12. The molecule has 1 aliphatic heterocycles. The van der Waals surface area contributed by atoms with Crippen molar-refractivity contribution in [2.75, 3.05) is 25.1 Å². The van der Waals surface area contributed by atoms with Crippen LogP contribution in [0.5, 0.6) is 0 Å². The van der Waals surface area contributed by atoms with Crippen molar-refractivity contribution in [3.05, 3.63) is 6.33 Å². The van der Waals surface area contributed by atoms with Crippen LogP contribution in [0.4, 0.5) is 5.82 Å². The molecular weight excluding hydrogens is 284 g/mol. The zero-order valence-electron chi connectivity index (χ0n) is 12.9. The second-order valence-electron chi connectivity index (χ2n) is 6.63. The first kappa shape index (κ1) is 13.4. The third-order valence-corrected chi connectivity index (χ3v) is 5.21. The van der Waals surface area contributed by atoms with E-state index in [1.54, 1.807) is 0 Å². The molecule has 4 rings (SSSR count). The van der Waals surface area contributed by atoms with Gasteiger partial charge in [-0.1, -0.05) is 19.1 Å². The van der Waals surface area contributed by atoms with Gasteiger partial charge < -0.3 is 9.64 Å². The molecule has 22 heavy (non-hydrogen) atoms. The Morgan fingerprint density at radius 2 is 2.09 bits per heavy atom. The number of ether oxygens (including phenoxy) is 1. The van der Waals surface area contributed by atoms with Crippen LogP contribution < -0.4 is 4.90 Å². The number of methoxy groups -OCH3 is 1. The van der Waals surface area contributed by atoms with Gasteiger partial charge in [-0.2, -0.15) is 0 Å². The van der Waals surface area contributed by atoms with E-state index in [-0.39, 0.29) is 12.5 Å². The summed E-state index contributed by atoms with van der Waals surface area (Å²) in [4.78, 5) is 22.3. The van der Waals surface area contributed by atoms with Gasteiger partial charge in [0.2, 0.25) is 0 Å². The Balaban J connectivity index is 1.64. The van der Waals surface area contributed by atoms with Crippen molar-refractivity contribution in [2.45, 2.75) is 20.4 Å². The SMILES string of the molecule is COC(=O)Cn1nnc2c(N3CC4C(C3)C4(C)C)ncnc21. The standard InChI is InChI=1S/C14H18N6O2/c1-14(2)8-4-19(5-9(8)14)12-11-13(16-7-15-12)20(18-17-11)6-10(21)22-3/h7-9H,4-6H2,1-3H3. The molecule has 0 aromatic carbocycles. The topological polar surface area (TPSA) is 86.0 Å². The molecule has 2 fully saturated rings. The fraction of sp³-hybridized carbons (Fsp3) is 0.643. The van der Waals surface area contributed by atoms with Crippen molar-refractivity contribution < 1.29 is 9.53 Å². The molecule has 8 heteroatoms. The van der Waals surface area contributed by atoms with E-state index in [9.17, 15) is 4.79 Å². The molecule has 2 unspecified atom stereocenters. The molecule has 2 aromatic rings. The summed E-state index contributed by atoms with van der Waals surface area (Å²) in [5.74, 6) is 1.88. The lowest BCUT2D eigenvalue weighted by Gasteiger charge is -2.22. The maximum absolute atomic E-state index is 11.4. The number of fused-ring (bicyclic) bond motifs is 2. The molecule has 0 radical (unpaired) electrons. The summed E-state index contributed by atoms with van der Waals surface area (Å²) in [7, 11) is 1.35. The number of piperidine rings is 1. The van der Waals surface area contributed by atoms with E-state index in [0.717, 1.165) is 30.7 Å². The van der Waals surface area contributed by atoms with Crippen LogP contribution in [0.25, 0.3) is 11.2 Å². The smallest absolute Gasteiger partial charge is 0.327 e. The van der Waals surface area contributed by atoms with E-state index in [1.807, 2.05) is 0 Å². The number of nitrogens with zero attached hydrogens (tertiary/aromatic N) is 6. The molecule has 2 aromatic heterocycles. The van der Waals surface area contributed by atoms with Gasteiger partial charge in [-0.25, -0.2) is 14.6 Å².